The maximum atomic E-state index is 13.6. The van der Waals surface area contributed by atoms with Crippen LogP contribution in [0.3, 0.4) is 0 Å². The molecule has 0 aliphatic carbocycles. The Morgan fingerprint density at radius 3 is 2.25 bits per heavy atom. The monoisotopic (exact) mass is 391 g/mol. The summed E-state index contributed by atoms with van der Waals surface area (Å²) >= 11 is 0. The smallest absolute Gasteiger partial charge is 0.230 e. The van der Waals surface area contributed by atoms with Crippen LogP contribution in [0, 0.1) is 11.2 Å². The normalized spacial score (nSPS) is 21.2. The van der Waals surface area contributed by atoms with Gasteiger partial charge in [0, 0.05) is 51.1 Å². The van der Waals surface area contributed by atoms with Crippen molar-refractivity contribution in [3.05, 3.63) is 29.6 Å². The molecule has 7 heteroatoms. The van der Waals surface area contributed by atoms with E-state index in [1.165, 1.54) is 17.0 Å². The number of ether oxygens (including phenoxy) is 1. The van der Waals surface area contributed by atoms with E-state index >= 15 is 0 Å². The SMILES string of the molecule is CCC1(C)CC(=O)N(CN2CCN(Cc3cc(F)ccc3OC)CC2)C(=O)C1. The van der Waals surface area contributed by atoms with Gasteiger partial charge in [0.2, 0.25) is 11.8 Å². The molecule has 0 aromatic heterocycles. The molecule has 2 heterocycles. The van der Waals surface area contributed by atoms with Crippen molar-refractivity contribution in [2.24, 2.45) is 5.41 Å². The predicted octanol–water partition coefficient (Wildman–Crippen LogP) is 2.47. The van der Waals surface area contributed by atoms with Gasteiger partial charge in [0.1, 0.15) is 11.6 Å². The van der Waals surface area contributed by atoms with E-state index in [0.717, 1.165) is 38.2 Å². The van der Waals surface area contributed by atoms with E-state index in [1.54, 1.807) is 13.2 Å². The number of likely N-dealkylation sites (tertiary alicyclic amines) is 1. The molecule has 2 amide bonds. The third-order valence-electron chi connectivity index (χ3n) is 6.05. The average Bonchev–Trinajstić information content (AvgIpc) is 2.66. The van der Waals surface area contributed by atoms with Crippen LogP contribution >= 0.6 is 0 Å². The number of halogens is 1. The van der Waals surface area contributed by atoms with E-state index in [1.807, 2.05) is 13.8 Å². The maximum Gasteiger partial charge on any atom is 0.230 e. The van der Waals surface area contributed by atoms with Crippen molar-refractivity contribution in [2.45, 2.75) is 39.7 Å². The van der Waals surface area contributed by atoms with Crippen molar-refractivity contribution in [1.82, 2.24) is 14.7 Å². The Labute approximate surface area is 166 Å². The quantitative estimate of drug-likeness (QED) is 0.698. The van der Waals surface area contributed by atoms with Crippen LogP contribution in [0.4, 0.5) is 4.39 Å². The fraction of sp³-hybridized carbons (Fsp3) is 0.619. The number of rotatable bonds is 6. The molecule has 1 aromatic carbocycles. The first-order valence-corrected chi connectivity index (χ1v) is 9.94. The van der Waals surface area contributed by atoms with E-state index in [0.29, 0.717) is 31.8 Å². The third kappa shape index (κ3) is 4.70. The number of carbonyl (C=O) groups is 2. The van der Waals surface area contributed by atoms with E-state index < -0.39 is 0 Å². The highest BCUT2D eigenvalue weighted by molar-refractivity contribution is 5.98. The summed E-state index contributed by atoms with van der Waals surface area (Å²) in [5, 5.41) is 0. The average molecular weight is 391 g/mol. The minimum atomic E-state index is -0.268. The molecule has 0 radical (unpaired) electrons. The van der Waals surface area contributed by atoms with Gasteiger partial charge < -0.3 is 4.74 Å². The number of benzene rings is 1. The summed E-state index contributed by atoms with van der Waals surface area (Å²) in [6, 6.07) is 4.57. The Morgan fingerprint density at radius 1 is 1.07 bits per heavy atom. The van der Waals surface area contributed by atoms with Crippen LogP contribution in [0.1, 0.15) is 38.7 Å². The number of hydrogen-bond acceptors (Lipinski definition) is 5. The summed E-state index contributed by atoms with van der Waals surface area (Å²) in [7, 11) is 1.59. The lowest BCUT2D eigenvalue weighted by Crippen LogP contribution is -2.55. The minimum absolute atomic E-state index is 0.0625. The summed E-state index contributed by atoms with van der Waals surface area (Å²) in [5.74, 6) is 0.294. The molecule has 2 fully saturated rings. The molecule has 0 N–H and O–H groups in total. The molecule has 0 atom stereocenters. The lowest BCUT2D eigenvalue weighted by molar-refractivity contribution is -0.156. The predicted molar refractivity (Wildman–Crippen MR) is 104 cm³/mol. The Hall–Kier alpha value is -1.99. The van der Waals surface area contributed by atoms with Gasteiger partial charge in [-0.05, 0) is 30.0 Å². The molecule has 28 heavy (non-hydrogen) atoms. The molecule has 0 bridgehead atoms. The van der Waals surface area contributed by atoms with Crippen LogP contribution in [-0.2, 0) is 16.1 Å². The van der Waals surface area contributed by atoms with Crippen molar-refractivity contribution >= 4 is 11.8 Å². The van der Waals surface area contributed by atoms with E-state index in [4.69, 9.17) is 4.74 Å². The Bertz CT molecular complexity index is 714. The molecule has 154 valence electrons. The highest BCUT2D eigenvalue weighted by Crippen LogP contribution is 2.35. The van der Waals surface area contributed by atoms with Gasteiger partial charge >= 0.3 is 0 Å². The molecule has 0 unspecified atom stereocenters. The largest absolute Gasteiger partial charge is 0.496 e. The minimum Gasteiger partial charge on any atom is -0.496 e. The van der Waals surface area contributed by atoms with Crippen molar-refractivity contribution in [2.75, 3.05) is 40.0 Å². The van der Waals surface area contributed by atoms with Gasteiger partial charge in [-0.25, -0.2) is 4.39 Å². The van der Waals surface area contributed by atoms with Gasteiger partial charge in [0.05, 0.1) is 13.8 Å². The van der Waals surface area contributed by atoms with Gasteiger partial charge in [0.25, 0.3) is 0 Å². The van der Waals surface area contributed by atoms with Crippen molar-refractivity contribution < 1.29 is 18.7 Å². The van der Waals surface area contributed by atoms with Gasteiger partial charge in [-0.2, -0.15) is 0 Å². The highest BCUT2D eigenvalue weighted by atomic mass is 19.1. The molecule has 0 saturated carbocycles. The molecule has 1 aromatic rings. The Morgan fingerprint density at radius 2 is 1.68 bits per heavy atom. The van der Waals surface area contributed by atoms with E-state index in [-0.39, 0.29) is 23.0 Å². The summed E-state index contributed by atoms with van der Waals surface area (Å²) < 4.78 is 18.9. The molecule has 2 saturated heterocycles. The first kappa shape index (κ1) is 20.7. The molecule has 3 rings (SSSR count). The zero-order valence-electron chi connectivity index (χ0n) is 17.0. The second kappa shape index (κ2) is 8.57. The van der Waals surface area contributed by atoms with Crippen LogP contribution < -0.4 is 4.74 Å². The Balaban J connectivity index is 1.53. The van der Waals surface area contributed by atoms with Gasteiger partial charge in [-0.1, -0.05) is 13.8 Å². The molecule has 2 aliphatic heterocycles. The van der Waals surface area contributed by atoms with E-state index in [9.17, 15) is 14.0 Å². The van der Waals surface area contributed by atoms with Crippen molar-refractivity contribution in [3.63, 3.8) is 0 Å². The number of carbonyl (C=O) groups excluding carboxylic acids is 2. The van der Waals surface area contributed by atoms with Gasteiger partial charge in [-0.15, -0.1) is 0 Å². The van der Waals surface area contributed by atoms with Gasteiger partial charge in [0.15, 0.2) is 0 Å². The fourth-order valence-electron chi connectivity index (χ4n) is 3.93. The van der Waals surface area contributed by atoms with Crippen LogP contribution in [0.5, 0.6) is 5.75 Å². The summed E-state index contributed by atoms with van der Waals surface area (Å²) in [4.78, 5) is 30.8. The lowest BCUT2D eigenvalue weighted by atomic mass is 9.77. The summed E-state index contributed by atoms with van der Waals surface area (Å²) in [5.41, 5.74) is 0.629. The van der Waals surface area contributed by atoms with Crippen molar-refractivity contribution in [1.29, 1.82) is 0 Å². The topological polar surface area (TPSA) is 53.1 Å². The van der Waals surface area contributed by atoms with Crippen molar-refractivity contribution in [3.8, 4) is 5.75 Å². The van der Waals surface area contributed by atoms with Crippen LogP contribution in [0.15, 0.2) is 18.2 Å². The van der Waals surface area contributed by atoms with Crippen LogP contribution in [0.2, 0.25) is 0 Å². The molecule has 2 aliphatic rings. The third-order valence-corrected chi connectivity index (χ3v) is 6.05. The zero-order valence-corrected chi connectivity index (χ0v) is 17.0. The zero-order chi connectivity index (χ0) is 20.3. The maximum absolute atomic E-state index is 13.6. The number of imide groups is 1. The lowest BCUT2D eigenvalue weighted by Gasteiger charge is -2.41. The second-order valence-electron chi connectivity index (χ2n) is 8.23. The number of nitrogens with zero attached hydrogens (tertiary/aromatic N) is 3. The van der Waals surface area contributed by atoms with E-state index in [2.05, 4.69) is 9.80 Å². The molecular formula is C21H30FN3O3. The standard InChI is InChI=1S/C21H30FN3O3/c1-4-21(2)12-19(26)25(20(27)13-21)15-24-9-7-23(8-10-24)14-16-11-17(22)5-6-18(16)28-3/h5-6,11H,4,7-10,12-15H2,1-3H3. The summed E-state index contributed by atoms with van der Waals surface area (Å²) in [6.45, 7) is 8.15. The van der Waals surface area contributed by atoms with Crippen LogP contribution in [0.25, 0.3) is 0 Å². The second-order valence-corrected chi connectivity index (χ2v) is 8.23. The highest BCUT2D eigenvalue weighted by Gasteiger charge is 2.40. The number of piperazine rings is 1. The number of piperidine rings is 1. The van der Waals surface area contributed by atoms with Gasteiger partial charge in [-0.3, -0.25) is 24.3 Å². The molecule has 6 nitrogen and oxygen atoms in total. The first-order valence-electron chi connectivity index (χ1n) is 9.94. The number of amides is 2. The number of methoxy groups -OCH3 is 1. The Kier molecular flexibility index (Phi) is 6.35. The first-order chi connectivity index (χ1) is 13.3. The fourth-order valence-corrected chi connectivity index (χ4v) is 3.93. The molecule has 0 spiro atoms. The molecular weight excluding hydrogens is 361 g/mol. The summed E-state index contributed by atoms with van der Waals surface area (Å²) in [6.07, 6.45) is 1.71. The number of hydrogen-bond donors (Lipinski definition) is 0. The van der Waals surface area contributed by atoms with Crippen LogP contribution in [-0.4, -0.2) is 66.5 Å².